The predicted molar refractivity (Wildman–Crippen MR) is 63.0 cm³/mol. The maximum Gasteiger partial charge on any atom is 0.110 e. The van der Waals surface area contributed by atoms with E-state index in [1.807, 2.05) is 12.1 Å². The van der Waals surface area contributed by atoms with Crippen molar-refractivity contribution in [2.24, 2.45) is 5.73 Å². The Morgan fingerprint density at radius 1 is 1.50 bits per heavy atom. The number of nitrogens with zero attached hydrogens (tertiary/aromatic N) is 1. The highest BCUT2D eigenvalue weighted by atomic mass is 79.9. The van der Waals surface area contributed by atoms with Gasteiger partial charge in [0.1, 0.15) is 4.60 Å². The van der Waals surface area contributed by atoms with E-state index < -0.39 is 0 Å². The Labute approximate surface area is 94.0 Å². The minimum atomic E-state index is 0.115. The quantitative estimate of drug-likeness (QED) is 0.648. The molecule has 0 saturated carbocycles. The minimum absolute atomic E-state index is 0.115. The molecule has 0 amide bonds. The van der Waals surface area contributed by atoms with Gasteiger partial charge in [-0.2, -0.15) is 0 Å². The summed E-state index contributed by atoms with van der Waals surface area (Å²) in [6.07, 6.45) is 6.50. The molecule has 0 fully saturated rings. The molecule has 0 saturated heterocycles. The summed E-state index contributed by atoms with van der Waals surface area (Å²) < 4.78 is 0.879. The van der Waals surface area contributed by atoms with Crippen molar-refractivity contribution in [2.75, 3.05) is 0 Å². The zero-order chi connectivity index (χ0) is 10.4. The molecule has 2 N–H and O–H groups in total. The Morgan fingerprint density at radius 3 is 2.93 bits per heavy atom. The van der Waals surface area contributed by atoms with Crippen LogP contribution in [0.15, 0.2) is 22.9 Å². The second-order valence-corrected chi connectivity index (χ2v) is 4.24. The van der Waals surface area contributed by atoms with E-state index in [0.29, 0.717) is 0 Å². The topological polar surface area (TPSA) is 38.9 Å². The first-order valence-corrected chi connectivity index (χ1v) is 5.91. The van der Waals surface area contributed by atoms with Crippen molar-refractivity contribution in [1.82, 2.24) is 4.98 Å². The first kappa shape index (κ1) is 11.7. The Kier molecular flexibility index (Phi) is 5.12. The summed E-state index contributed by atoms with van der Waals surface area (Å²) in [4.78, 5) is 4.17. The number of aromatic nitrogens is 1. The van der Waals surface area contributed by atoms with Gasteiger partial charge >= 0.3 is 0 Å². The third-order valence-corrected chi connectivity index (χ3v) is 2.97. The number of rotatable bonds is 5. The van der Waals surface area contributed by atoms with Gasteiger partial charge in [0, 0.05) is 17.8 Å². The van der Waals surface area contributed by atoms with Crippen molar-refractivity contribution in [3.63, 3.8) is 0 Å². The van der Waals surface area contributed by atoms with Crippen LogP contribution in [-0.4, -0.2) is 4.98 Å². The van der Waals surface area contributed by atoms with Gasteiger partial charge in [0.05, 0.1) is 0 Å². The van der Waals surface area contributed by atoms with E-state index in [1.165, 1.54) is 19.3 Å². The lowest BCUT2D eigenvalue weighted by molar-refractivity contribution is 0.578. The SMILES string of the molecule is CCCCC[C@H](N)c1cccnc1Br. The summed E-state index contributed by atoms with van der Waals surface area (Å²) in [6.45, 7) is 2.20. The molecule has 1 aromatic heterocycles. The van der Waals surface area contributed by atoms with Crippen LogP contribution in [0.4, 0.5) is 0 Å². The Hall–Kier alpha value is -0.410. The van der Waals surface area contributed by atoms with Gasteiger partial charge in [-0.25, -0.2) is 4.98 Å². The van der Waals surface area contributed by atoms with E-state index in [2.05, 4.69) is 27.8 Å². The lowest BCUT2D eigenvalue weighted by Gasteiger charge is -2.12. The summed E-state index contributed by atoms with van der Waals surface area (Å²) in [5.74, 6) is 0. The van der Waals surface area contributed by atoms with E-state index >= 15 is 0 Å². The predicted octanol–water partition coefficient (Wildman–Crippen LogP) is 3.42. The molecular formula is C11H17BrN2. The number of pyridine rings is 1. The van der Waals surface area contributed by atoms with E-state index in [-0.39, 0.29) is 6.04 Å². The molecule has 0 radical (unpaired) electrons. The van der Waals surface area contributed by atoms with Gasteiger partial charge in [-0.1, -0.05) is 32.3 Å². The fourth-order valence-electron chi connectivity index (χ4n) is 1.44. The van der Waals surface area contributed by atoms with Crippen LogP contribution in [-0.2, 0) is 0 Å². The molecule has 1 atom stereocenters. The van der Waals surface area contributed by atoms with E-state index in [0.717, 1.165) is 16.6 Å². The van der Waals surface area contributed by atoms with Crippen LogP contribution in [0.2, 0.25) is 0 Å². The minimum Gasteiger partial charge on any atom is -0.324 e. The number of hydrogen-bond donors (Lipinski definition) is 1. The first-order chi connectivity index (χ1) is 6.75. The maximum absolute atomic E-state index is 6.07. The summed E-state index contributed by atoms with van der Waals surface area (Å²) >= 11 is 3.41. The van der Waals surface area contributed by atoms with Crippen LogP contribution in [0.3, 0.4) is 0 Å². The Morgan fingerprint density at radius 2 is 2.29 bits per heavy atom. The number of nitrogens with two attached hydrogens (primary N) is 1. The molecule has 1 aromatic rings. The Bertz CT molecular complexity index is 276. The zero-order valence-electron chi connectivity index (χ0n) is 8.54. The van der Waals surface area contributed by atoms with Crippen molar-refractivity contribution in [3.8, 4) is 0 Å². The van der Waals surface area contributed by atoms with Gasteiger partial charge in [-0.05, 0) is 28.4 Å². The largest absolute Gasteiger partial charge is 0.324 e. The molecule has 0 unspecified atom stereocenters. The summed E-state index contributed by atoms with van der Waals surface area (Å²) in [5.41, 5.74) is 7.18. The normalized spacial score (nSPS) is 12.8. The monoisotopic (exact) mass is 256 g/mol. The molecule has 2 nitrogen and oxygen atoms in total. The highest BCUT2D eigenvalue weighted by Crippen LogP contribution is 2.23. The second-order valence-electron chi connectivity index (χ2n) is 3.49. The molecule has 0 spiro atoms. The fraction of sp³-hybridized carbons (Fsp3) is 0.545. The van der Waals surface area contributed by atoms with E-state index in [9.17, 15) is 0 Å². The van der Waals surface area contributed by atoms with Gasteiger partial charge in [0.15, 0.2) is 0 Å². The maximum atomic E-state index is 6.07. The van der Waals surface area contributed by atoms with Crippen LogP contribution in [0.1, 0.15) is 44.2 Å². The van der Waals surface area contributed by atoms with Crippen LogP contribution < -0.4 is 5.73 Å². The van der Waals surface area contributed by atoms with E-state index in [4.69, 9.17) is 5.73 Å². The average molecular weight is 257 g/mol. The summed E-state index contributed by atoms with van der Waals surface area (Å²) in [7, 11) is 0. The molecule has 0 aromatic carbocycles. The van der Waals surface area contributed by atoms with Crippen molar-refractivity contribution in [3.05, 3.63) is 28.5 Å². The summed E-state index contributed by atoms with van der Waals surface area (Å²) in [5, 5.41) is 0. The molecular weight excluding hydrogens is 240 g/mol. The summed E-state index contributed by atoms with van der Waals surface area (Å²) in [6, 6.07) is 4.08. The molecule has 78 valence electrons. The molecule has 0 bridgehead atoms. The highest BCUT2D eigenvalue weighted by Gasteiger charge is 2.09. The van der Waals surface area contributed by atoms with Crippen LogP contribution in [0.25, 0.3) is 0 Å². The Balaban J connectivity index is 2.51. The van der Waals surface area contributed by atoms with Crippen molar-refractivity contribution in [2.45, 2.75) is 38.6 Å². The molecule has 3 heteroatoms. The molecule has 0 aliphatic heterocycles. The number of unbranched alkanes of at least 4 members (excludes halogenated alkanes) is 2. The van der Waals surface area contributed by atoms with Gasteiger partial charge in [-0.3, -0.25) is 0 Å². The number of halogens is 1. The lowest BCUT2D eigenvalue weighted by atomic mass is 10.0. The van der Waals surface area contributed by atoms with Crippen LogP contribution >= 0.6 is 15.9 Å². The van der Waals surface area contributed by atoms with Gasteiger partial charge in [0.2, 0.25) is 0 Å². The highest BCUT2D eigenvalue weighted by molar-refractivity contribution is 9.10. The van der Waals surface area contributed by atoms with Crippen molar-refractivity contribution in [1.29, 1.82) is 0 Å². The van der Waals surface area contributed by atoms with Crippen molar-refractivity contribution < 1.29 is 0 Å². The first-order valence-electron chi connectivity index (χ1n) is 5.11. The van der Waals surface area contributed by atoms with E-state index in [1.54, 1.807) is 6.20 Å². The average Bonchev–Trinajstić information content (AvgIpc) is 2.18. The van der Waals surface area contributed by atoms with Gasteiger partial charge < -0.3 is 5.73 Å². The molecule has 0 aliphatic carbocycles. The molecule has 14 heavy (non-hydrogen) atoms. The standard InChI is InChI=1S/C11H17BrN2/c1-2-3-4-7-10(13)9-6-5-8-14-11(9)12/h5-6,8,10H,2-4,7,13H2,1H3/t10-/m0/s1. The van der Waals surface area contributed by atoms with Crippen molar-refractivity contribution >= 4 is 15.9 Å². The van der Waals surface area contributed by atoms with Crippen LogP contribution in [0.5, 0.6) is 0 Å². The van der Waals surface area contributed by atoms with Crippen LogP contribution in [0, 0.1) is 0 Å². The molecule has 0 aliphatic rings. The van der Waals surface area contributed by atoms with Gasteiger partial charge in [0.25, 0.3) is 0 Å². The molecule has 1 rings (SSSR count). The zero-order valence-corrected chi connectivity index (χ0v) is 10.1. The number of hydrogen-bond acceptors (Lipinski definition) is 2. The lowest BCUT2D eigenvalue weighted by Crippen LogP contribution is -2.11. The molecule has 1 heterocycles. The third-order valence-electron chi connectivity index (χ3n) is 2.31. The van der Waals surface area contributed by atoms with Gasteiger partial charge in [-0.15, -0.1) is 0 Å². The smallest absolute Gasteiger partial charge is 0.110 e. The third kappa shape index (κ3) is 3.39. The second kappa shape index (κ2) is 6.14. The fourth-order valence-corrected chi connectivity index (χ4v) is 1.99.